The van der Waals surface area contributed by atoms with Crippen molar-refractivity contribution in [3.8, 4) is 0 Å². The number of guanidine groups is 1. The van der Waals surface area contributed by atoms with Crippen LogP contribution in [0.1, 0.15) is 20.3 Å². The van der Waals surface area contributed by atoms with E-state index in [1.54, 1.807) is 0 Å². The third-order valence-electron chi connectivity index (χ3n) is 4.39. The molecule has 1 aromatic carbocycles. The lowest BCUT2D eigenvalue weighted by Gasteiger charge is -2.39. The molecule has 136 valence electrons. The van der Waals surface area contributed by atoms with Gasteiger partial charge >= 0.3 is 0 Å². The Morgan fingerprint density at radius 1 is 1.12 bits per heavy atom. The van der Waals surface area contributed by atoms with Crippen molar-refractivity contribution in [2.24, 2.45) is 4.99 Å². The molecule has 0 spiro atoms. The maximum Gasteiger partial charge on any atom is 0.191 e. The zero-order valence-corrected chi connectivity index (χ0v) is 17.5. The fourth-order valence-corrected chi connectivity index (χ4v) is 2.90. The van der Waals surface area contributed by atoms with Gasteiger partial charge in [-0.05, 0) is 25.5 Å². The summed E-state index contributed by atoms with van der Waals surface area (Å²) in [6, 6.07) is 11.2. The Balaban J connectivity index is 0.00000288. The van der Waals surface area contributed by atoms with E-state index in [0.29, 0.717) is 6.04 Å². The van der Waals surface area contributed by atoms with E-state index in [9.17, 15) is 0 Å². The summed E-state index contributed by atoms with van der Waals surface area (Å²) in [5.41, 5.74) is 1.34. The molecule has 1 fully saturated rings. The first-order valence-corrected chi connectivity index (χ1v) is 8.73. The number of para-hydroxylation sites is 1. The number of aliphatic imine (C=N–C) groups is 1. The van der Waals surface area contributed by atoms with Crippen LogP contribution in [-0.4, -0.2) is 63.2 Å². The third-order valence-corrected chi connectivity index (χ3v) is 4.39. The average Bonchev–Trinajstić information content (AvgIpc) is 2.62. The Kier molecular flexibility index (Phi) is 10.1. The molecule has 0 bridgehead atoms. The maximum absolute atomic E-state index is 4.26. The minimum absolute atomic E-state index is 0. The van der Waals surface area contributed by atoms with Gasteiger partial charge in [-0.3, -0.25) is 9.89 Å². The highest BCUT2D eigenvalue weighted by Crippen LogP contribution is 2.16. The molecular weight excluding hydrogens is 413 g/mol. The topological polar surface area (TPSA) is 42.9 Å². The predicted octanol–water partition coefficient (Wildman–Crippen LogP) is 2.39. The number of nitrogens with one attached hydrogen (secondary N) is 2. The van der Waals surface area contributed by atoms with E-state index in [2.05, 4.69) is 69.6 Å². The Morgan fingerprint density at radius 3 is 2.38 bits per heavy atom. The number of hydrogen-bond donors (Lipinski definition) is 2. The summed E-state index contributed by atoms with van der Waals surface area (Å²) in [5.74, 6) is 0.904. The Labute approximate surface area is 163 Å². The van der Waals surface area contributed by atoms with E-state index in [-0.39, 0.29) is 24.0 Å². The van der Waals surface area contributed by atoms with Crippen molar-refractivity contribution in [3.63, 3.8) is 0 Å². The first kappa shape index (κ1) is 21.0. The molecule has 2 rings (SSSR count). The highest BCUT2D eigenvalue weighted by atomic mass is 127. The number of benzene rings is 1. The van der Waals surface area contributed by atoms with Crippen LogP contribution in [0.5, 0.6) is 0 Å². The van der Waals surface area contributed by atoms with Crippen LogP contribution in [0.4, 0.5) is 5.69 Å². The van der Waals surface area contributed by atoms with Crippen LogP contribution in [0.15, 0.2) is 35.3 Å². The largest absolute Gasteiger partial charge is 0.369 e. The van der Waals surface area contributed by atoms with Crippen LogP contribution < -0.4 is 15.5 Å². The molecule has 5 nitrogen and oxygen atoms in total. The summed E-state index contributed by atoms with van der Waals surface area (Å²) < 4.78 is 0. The Morgan fingerprint density at radius 2 is 1.79 bits per heavy atom. The third kappa shape index (κ3) is 6.47. The second-order valence-corrected chi connectivity index (χ2v) is 6.09. The van der Waals surface area contributed by atoms with Crippen LogP contribution in [0.25, 0.3) is 0 Å². The monoisotopic (exact) mass is 445 g/mol. The summed E-state index contributed by atoms with van der Waals surface area (Å²) in [7, 11) is 1.83. The number of halogens is 1. The van der Waals surface area contributed by atoms with Gasteiger partial charge in [0.05, 0.1) is 0 Å². The molecule has 0 saturated carbocycles. The molecule has 6 heteroatoms. The van der Waals surface area contributed by atoms with Gasteiger partial charge in [0, 0.05) is 58.0 Å². The van der Waals surface area contributed by atoms with Gasteiger partial charge in [-0.1, -0.05) is 25.1 Å². The zero-order valence-electron chi connectivity index (χ0n) is 15.2. The summed E-state index contributed by atoms with van der Waals surface area (Å²) in [5, 5.41) is 6.75. The van der Waals surface area contributed by atoms with Crippen molar-refractivity contribution < 1.29 is 0 Å². The van der Waals surface area contributed by atoms with Crippen molar-refractivity contribution in [2.75, 3.05) is 51.2 Å². The molecule has 1 aliphatic rings. The van der Waals surface area contributed by atoms with Gasteiger partial charge in [0.15, 0.2) is 5.96 Å². The normalized spacial score (nSPS) is 17.1. The molecule has 0 radical (unpaired) electrons. The smallest absolute Gasteiger partial charge is 0.191 e. The molecular formula is C18H32IN5. The highest BCUT2D eigenvalue weighted by molar-refractivity contribution is 14.0. The first-order valence-electron chi connectivity index (χ1n) is 8.73. The maximum atomic E-state index is 4.26. The minimum Gasteiger partial charge on any atom is -0.369 e. The summed E-state index contributed by atoms with van der Waals surface area (Å²) >= 11 is 0. The zero-order chi connectivity index (χ0) is 16.5. The molecule has 1 heterocycles. The van der Waals surface area contributed by atoms with Gasteiger partial charge < -0.3 is 15.5 Å². The van der Waals surface area contributed by atoms with Gasteiger partial charge in [-0.25, -0.2) is 0 Å². The van der Waals surface area contributed by atoms with E-state index in [0.717, 1.165) is 51.6 Å². The number of nitrogens with zero attached hydrogens (tertiary/aromatic N) is 3. The molecule has 0 aromatic heterocycles. The second-order valence-electron chi connectivity index (χ2n) is 6.09. The fourth-order valence-electron chi connectivity index (χ4n) is 2.90. The molecule has 0 aliphatic carbocycles. The van der Waals surface area contributed by atoms with Crippen LogP contribution >= 0.6 is 24.0 Å². The molecule has 2 N–H and O–H groups in total. The molecule has 1 aromatic rings. The first-order chi connectivity index (χ1) is 11.2. The SMILES string of the molecule is CCCNC(=NC)NCC(C)N1CCN(c2ccccc2)CC1.I. The van der Waals surface area contributed by atoms with Crippen molar-refractivity contribution >= 4 is 35.6 Å². The summed E-state index contributed by atoms with van der Waals surface area (Å²) in [6.45, 7) is 10.7. The van der Waals surface area contributed by atoms with Gasteiger partial charge in [0.2, 0.25) is 0 Å². The van der Waals surface area contributed by atoms with Crippen LogP contribution in [0.2, 0.25) is 0 Å². The Hall–Kier alpha value is -1.02. The van der Waals surface area contributed by atoms with Gasteiger partial charge in [-0.2, -0.15) is 0 Å². The standard InChI is InChI=1S/C18H31N5.HI/c1-4-10-20-18(19-3)21-15-16(2)22-11-13-23(14-12-22)17-8-6-5-7-9-17;/h5-9,16H,4,10-15H2,1-3H3,(H2,19,20,21);1H. The quantitative estimate of drug-likeness (QED) is 0.401. The van der Waals surface area contributed by atoms with E-state index in [1.807, 2.05) is 7.05 Å². The van der Waals surface area contributed by atoms with E-state index >= 15 is 0 Å². The second kappa shape index (κ2) is 11.5. The van der Waals surface area contributed by atoms with Crippen molar-refractivity contribution in [2.45, 2.75) is 26.3 Å². The summed E-state index contributed by atoms with van der Waals surface area (Å²) in [6.07, 6.45) is 1.11. The lowest BCUT2D eigenvalue weighted by Crippen LogP contribution is -2.53. The van der Waals surface area contributed by atoms with Crippen molar-refractivity contribution in [1.29, 1.82) is 0 Å². The molecule has 1 aliphatic heterocycles. The number of piperazine rings is 1. The van der Waals surface area contributed by atoms with Crippen LogP contribution in [-0.2, 0) is 0 Å². The molecule has 1 atom stereocenters. The van der Waals surface area contributed by atoms with E-state index in [1.165, 1.54) is 5.69 Å². The lowest BCUT2D eigenvalue weighted by molar-refractivity contribution is 0.197. The number of rotatable bonds is 6. The highest BCUT2D eigenvalue weighted by Gasteiger charge is 2.21. The average molecular weight is 445 g/mol. The fraction of sp³-hybridized carbons (Fsp3) is 0.611. The van der Waals surface area contributed by atoms with Gasteiger partial charge in [0.25, 0.3) is 0 Å². The lowest BCUT2D eigenvalue weighted by atomic mass is 10.2. The van der Waals surface area contributed by atoms with Crippen LogP contribution in [0.3, 0.4) is 0 Å². The van der Waals surface area contributed by atoms with Gasteiger partial charge in [0.1, 0.15) is 0 Å². The van der Waals surface area contributed by atoms with E-state index < -0.39 is 0 Å². The van der Waals surface area contributed by atoms with Crippen LogP contribution in [0, 0.1) is 0 Å². The number of hydrogen-bond acceptors (Lipinski definition) is 3. The Bertz CT molecular complexity index is 472. The number of anilines is 1. The predicted molar refractivity (Wildman–Crippen MR) is 115 cm³/mol. The molecule has 24 heavy (non-hydrogen) atoms. The van der Waals surface area contributed by atoms with E-state index in [4.69, 9.17) is 0 Å². The molecule has 1 unspecified atom stereocenters. The van der Waals surface area contributed by atoms with Gasteiger partial charge in [-0.15, -0.1) is 24.0 Å². The van der Waals surface area contributed by atoms with Crippen molar-refractivity contribution in [1.82, 2.24) is 15.5 Å². The minimum atomic E-state index is 0. The molecule has 1 saturated heterocycles. The summed E-state index contributed by atoms with van der Waals surface area (Å²) in [4.78, 5) is 9.29. The van der Waals surface area contributed by atoms with Crippen molar-refractivity contribution in [3.05, 3.63) is 30.3 Å². The molecule has 0 amide bonds.